The van der Waals surface area contributed by atoms with E-state index < -0.39 is 0 Å². The Hall–Kier alpha value is -4.66. The quantitative estimate of drug-likeness (QED) is 0.170. The van der Waals surface area contributed by atoms with Gasteiger partial charge in [-0.05, 0) is 56.4 Å². The summed E-state index contributed by atoms with van der Waals surface area (Å²) in [7, 11) is 0. The van der Waals surface area contributed by atoms with Gasteiger partial charge in [-0.3, -0.25) is 4.98 Å². The Bertz CT molecular complexity index is 1820. The van der Waals surface area contributed by atoms with Crippen molar-refractivity contribution in [2.45, 2.75) is 0 Å². The van der Waals surface area contributed by atoms with Crippen LogP contribution in [0.5, 0.6) is 0 Å². The van der Waals surface area contributed by atoms with Crippen LogP contribution in [0.15, 0.2) is 134 Å². The van der Waals surface area contributed by atoms with E-state index in [0.717, 1.165) is 61.1 Å². The van der Waals surface area contributed by atoms with E-state index in [0.29, 0.717) is 0 Å². The summed E-state index contributed by atoms with van der Waals surface area (Å²) in [6, 6.07) is 44.2. The summed E-state index contributed by atoms with van der Waals surface area (Å²) in [5.41, 5.74) is 6.33. The number of rotatable bonds is 5. The van der Waals surface area contributed by atoms with E-state index in [2.05, 4.69) is 70.5 Å². The molecule has 7 aromatic rings. The van der Waals surface area contributed by atoms with Crippen LogP contribution in [0.25, 0.3) is 44.1 Å². The van der Waals surface area contributed by atoms with E-state index in [-0.39, 0.29) is 21.1 Å². The van der Waals surface area contributed by atoms with Gasteiger partial charge < -0.3 is 14.9 Å². The Morgan fingerprint density at radius 3 is 1.48 bits per heavy atom. The molecule has 0 fully saturated rings. The van der Waals surface area contributed by atoms with Gasteiger partial charge in [0.15, 0.2) is 0 Å². The van der Waals surface area contributed by atoms with Crippen molar-refractivity contribution in [2.24, 2.45) is 0 Å². The molecule has 7 rings (SSSR count). The number of benzene rings is 4. The molecule has 40 heavy (non-hydrogen) atoms. The number of aromatic nitrogens is 3. The van der Waals surface area contributed by atoms with Gasteiger partial charge in [0.25, 0.3) is 0 Å². The zero-order valence-corrected chi connectivity index (χ0v) is 23.6. The molecule has 0 aliphatic rings. The minimum absolute atomic E-state index is 0. The molecular weight excluding hydrogens is 671 g/mol. The molecule has 5 heteroatoms. The van der Waals surface area contributed by atoms with Crippen molar-refractivity contribution in [3.8, 4) is 22.5 Å². The van der Waals surface area contributed by atoms with Crippen molar-refractivity contribution < 1.29 is 21.1 Å². The van der Waals surface area contributed by atoms with E-state index in [4.69, 9.17) is 9.97 Å². The maximum atomic E-state index is 4.73. The molecule has 0 saturated carbocycles. The SMILES string of the molecule is [Pt+2].[c-]1c(-c2cc3ccccc3cn2)cccc1N(c1[c-]c(-c2cc3ccccc3cn2)ccc1)c1ccncc1. The molecule has 0 aliphatic heterocycles. The maximum Gasteiger partial charge on any atom is 2.00 e. The number of anilines is 3. The average molecular weight is 694 g/mol. The summed E-state index contributed by atoms with van der Waals surface area (Å²) < 4.78 is 0. The Labute approximate surface area is 247 Å². The molecule has 3 heterocycles. The molecule has 0 N–H and O–H groups in total. The fourth-order valence-corrected chi connectivity index (χ4v) is 4.84. The van der Waals surface area contributed by atoms with Crippen LogP contribution in [0.4, 0.5) is 17.1 Å². The zero-order valence-electron chi connectivity index (χ0n) is 21.3. The summed E-state index contributed by atoms with van der Waals surface area (Å²) >= 11 is 0. The predicted octanol–water partition coefficient (Wildman–Crippen LogP) is 8.58. The molecule has 0 atom stereocenters. The first kappa shape index (κ1) is 25.6. The largest absolute Gasteiger partial charge is 2.00 e. The first-order valence-corrected chi connectivity index (χ1v) is 12.8. The fourth-order valence-electron chi connectivity index (χ4n) is 4.84. The van der Waals surface area contributed by atoms with E-state index >= 15 is 0 Å². The van der Waals surface area contributed by atoms with Crippen LogP contribution in [0, 0.1) is 12.1 Å². The smallest absolute Gasteiger partial charge is 0.346 e. The molecule has 4 nitrogen and oxygen atoms in total. The third kappa shape index (κ3) is 5.02. The Balaban J connectivity index is 0.00000289. The first-order valence-electron chi connectivity index (χ1n) is 12.8. The van der Waals surface area contributed by atoms with Crippen LogP contribution < -0.4 is 4.90 Å². The third-order valence-corrected chi connectivity index (χ3v) is 6.78. The summed E-state index contributed by atoms with van der Waals surface area (Å²) in [5, 5.41) is 4.53. The molecule has 0 unspecified atom stereocenters. The van der Waals surface area contributed by atoms with Crippen LogP contribution in [0.1, 0.15) is 0 Å². The zero-order chi connectivity index (χ0) is 26.0. The topological polar surface area (TPSA) is 41.9 Å². The van der Waals surface area contributed by atoms with Crippen LogP contribution in [0.2, 0.25) is 0 Å². The fraction of sp³-hybridized carbons (Fsp3) is 0. The normalized spacial score (nSPS) is 10.8. The molecule has 0 bridgehead atoms. The standard InChI is InChI=1S/C35H22N4.Pt/c1-3-9-29-23-37-34(21-25(29)7-1)27-11-5-13-32(19-27)39(31-15-17-36-18-16-31)33-14-6-12-28(20-33)35-22-26-8-2-4-10-30(26)24-38-35;/h1-18,21-24H;/q-2;+2. The van der Waals surface area contributed by atoms with Gasteiger partial charge in [0, 0.05) is 30.5 Å². The van der Waals surface area contributed by atoms with Crippen molar-refractivity contribution in [3.63, 3.8) is 0 Å². The number of fused-ring (bicyclic) bond motifs is 2. The minimum atomic E-state index is 0. The summed E-state index contributed by atoms with van der Waals surface area (Å²) in [5.74, 6) is 0. The maximum absolute atomic E-state index is 4.73. The second-order valence-corrected chi connectivity index (χ2v) is 9.27. The summed E-state index contributed by atoms with van der Waals surface area (Å²) in [6.45, 7) is 0. The summed E-state index contributed by atoms with van der Waals surface area (Å²) in [6.07, 6.45) is 7.43. The third-order valence-electron chi connectivity index (χ3n) is 6.78. The first-order chi connectivity index (χ1) is 19.3. The van der Waals surface area contributed by atoms with Gasteiger partial charge in [0.05, 0.1) is 0 Å². The molecule has 0 saturated heterocycles. The van der Waals surface area contributed by atoms with Gasteiger partial charge in [-0.2, -0.15) is 0 Å². The van der Waals surface area contributed by atoms with Crippen molar-refractivity contribution in [2.75, 3.05) is 4.90 Å². The van der Waals surface area contributed by atoms with Gasteiger partial charge in [-0.1, -0.05) is 60.7 Å². The van der Waals surface area contributed by atoms with Crippen molar-refractivity contribution in [3.05, 3.63) is 146 Å². The Kier molecular flexibility index (Phi) is 7.18. The Morgan fingerprint density at radius 2 is 0.975 bits per heavy atom. The van der Waals surface area contributed by atoms with E-state index in [9.17, 15) is 0 Å². The number of nitrogens with zero attached hydrogens (tertiary/aromatic N) is 4. The van der Waals surface area contributed by atoms with Crippen LogP contribution >= 0.6 is 0 Å². The molecule has 0 amide bonds. The van der Waals surface area contributed by atoms with Gasteiger partial charge in [0.1, 0.15) is 0 Å². The monoisotopic (exact) mass is 693 g/mol. The summed E-state index contributed by atoms with van der Waals surface area (Å²) in [4.78, 5) is 15.8. The molecule has 0 spiro atoms. The van der Waals surface area contributed by atoms with Gasteiger partial charge >= 0.3 is 21.1 Å². The Morgan fingerprint density at radius 1 is 0.500 bits per heavy atom. The van der Waals surface area contributed by atoms with Crippen LogP contribution in [0.3, 0.4) is 0 Å². The second kappa shape index (κ2) is 11.2. The number of hydrogen-bond acceptors (Lipinski definition) is 4. The van der Waals surface area contributed by atoms with Crippen molar-refractivity contribution in [1.82, 2.24) is 15.0 Å². The van der Waals surface area contributed by atoms with Gasteiger partial charge in [-0.15, -0.1) is 59.7 Å². The molecule has 4 aromatic carbocycles. The molecule has 0 radical (unpaired) electrons. The number of hydrogen-bond donors (Lipinski definition) is 0. The second-order valence-electron chi connectivity index (χ2n) is 9.27. The minimum Gasteiger partial charge on any atom is -0.346 e. The number of pyridine rings is 3. The van der Waals surface area contributed by atoms with Crippen LogP contribution in [-0.4, -0.2) is 15.0 Å². The van der Waals surface area contributed by atoms with Crippen LogP contribution in [-0.2, 0) is 21.1 Å². The molecule has 3 aromatic heterocycles. The van der Waals surface area contributed by atoms with Gasteiger partial charge in [0.2, 0.25) is 0 Å². The van der Waals surface area contributed by atoms with Gasteiger partial charge in [-0.25, -0.2) is 0 Å². The van der Waals surface area contributed by atoms with E-state index in [1.807, 2.05) is 73.1 Å². The average Bonchev–Trinajstić information content (AvgIpc) is 3.01. The van der Waals surface area contributed by atoms with E-state index in [1.165, 1.54) is 0 Å². The molecular formula is C35H22N4Pt. The molecule has 0 aliphatic carbocycles. The van der Waals surface area contributed by atoms with Crippen molar-refractivity contribution >= 4 is 38.6 Å². The van der Waals surface area contributed by atoms with Crippen molar-refractivity contribution in [1.29, 1.82) is 0 Å². The predicted molar refractivity (Wildman–Crippen MR) is 158 cm³/mol. The molecule has 192 valence electrons. The van der Waals surface area contributed by atoms with E-state index in [1.54, 1.807) is 12.4 Å².